The molecule has 0 amide bonds. The normalized spacial score (nSPS) is 12.3. The zero-order valence-electron chi connectivity index (χ0n) is 39.8. The Labute approximate surface area is 401 Å². The van der Waals surface area contributed by atoms with Gasteiger partial charge in [0.05, 0.1) is 21.6 Å². The van der Waals surface area contributed by atoms with Crippen LogP contribution in [-0.2, 0) is 5.41 Å². The number of nitro benzene ring substituents is 1. The van der Waals surface area contributed by atoms with E-state index in [1.807, 2.05) is 144 Å². The molecule has 2 heterocycles. The molecule has 0 saturated carbocycles. The Hall–Kier alpha value is -8.01. The molecule has 67 heavy (non-hydrogen) atoms. The van der Waals surface area contributed by atoms with Crippen LogP contribution >= 0.6 is 15.9 Å². The predicted molar refractivity (Wildman–Crippen MR) is 275 cm³/mol. The van der Waals surface area contributed by atoms with Crippen molar-refractivity contribution in [1.29, 1.82) is 0 Å². The number of hydrogen-bond acceptors (Lipinski definition) is 6. The van der Waals surface area contributed by atoms with Gasteiger partial charge in [0.1, 0.15) is 34.5 Å². The number of aryl methyl sites for hydroxylation is 1. The van der Waals surface area contributed by atoms with Gasteiger partial charge in [-0.3, -0.25) is 14.7 Å². The minimum atomic E-state index is -2.50. The number of benzene rings is 8. The molecule has 8 aromatic carbocycles. The molecule has 328 valence electrons. The van der Waals surface area contributed by atoms with Gasteiger partial charge in [-0.2, -0.15) is 0 Å². The van der Waals surface area contributed by atoms with E-state index in [1.165, 1.54) is 11.6 Å². The molecule has 0 atom stereocenters. The summed E-state index contributed by atoms with van der Waals surface area (Å²) in [5.74, 6) is 2.82. The molecule has 0 aliphatic rings. The summed E-state index contributed by atoms with van der Waals surface area (Å²) in [6, 6.07) is 59.1. The molecule has 8 nitrogen and oxygen atoms in total. The molecule has 0 spiro atoms. The molecular weight excluding hydrogens is 897 g/mol. The molecule has 0 radical (unpaired) electrons. The van der Waals surface area contributed by atoms with E-state index in [2.05, 4.69) is 60.2 Å². The summed E-state index contributed by atoms with van der Waals surface area (Å²) in [6.45, 7) is 4.05. The number of halogens is 1. The fraction of sp³-hybridized carbons (Fsp3) is 0.0862. The first-order chi connectivity index (χ1) is 33.7. The first kappa shape index (κ1) is 39.4. The maximum atomic E-state index is 12.0. The Kier molecular flexibility index (Phi) is 10.4. The van der Waals surface area contributed by atoms with Crippen LogP contribution in [0.1, 0.15) is 36.0 Å². The lowest BCUT2D eigenvalue weighted by atomic mass is 9.86. The second kappa shape index (κ2) is 17.8. The van der Waals surface area contributed by atoms with Crippen molar-refractivity contribution in [2.24, 2.45) is 0 Å². The number of anilines is 2. The number of ether oxygens (including phenoxy) is 2. The molecule has 2 aromatic heterocycles. The van der Waals surface area contributed by atoms with E-state index in [1.54, 1.807) is 30.5 Å². The quantitative estimate of drug-likeness (QED) is 0.103. The molecule has 9 heteroatoms. The Morgan fingerprint density at radius 3 is 2.01 bits per heavy atom. The fourth-order valence-corrected chi connectivity index (χ4v) is 8.84. The average molecular weight is 945 g/mol. The topological polar surface area (TPSA) is 91.5 Å². The second-order valence-electron chi connectivity index (χ2n) is 17.3. The van der Waals surface area contributed by atoms with Gasteiger partial charge in [0, 0.05) is 54.4 Å². The number of pyridine rings is 1. The Morgan fingerprint density at radius 1 is 0.612 bits per heavy atom. The summed E-state index contributed by atoms with van der Waals surface area (Å²) in [5.41, 5.74) is 8.61. The van der Waals surface area contributed by atoms with Crippen LogP contribution in [0.15, 0.2) is 199 Å². The summed E-state index contributed by atoms with van der Waals surface area (Å²) < 4.78 is 42.0. The van der Waals surface area contributed by atoms with Crippen LogP contribution < -0.4 is 14.8 Å². The molecule has 1 N–H and O–H groups in total. The minimum Gasteiger partial charge on any atom is -0.457 e. The zero-order chi connectivity index (χ0) is 48.7. The van der Waals surface area contributed by atoms with Gasteiger partial charge in [-0.1, -0.05) is 134 Å². The largest absolute Gasteiger partial charge is 0.457 e. The lowest BCUT2D eigenvalue weighted by molar-refractivity contribution is -0.383. The van der Waals surface area contributed by atoms with Gasteiger partial charge in [0.25, 0.3) is 5.69 Å². The molecule has 0 aliphatic carbocycles. The van der Waals surface area contributed by atoms with Crippen LogP contribution in [0.4, 0.5) is 17.1 Å². The van der Waals surface area contributed by atoms with Crippen molar-refractivity contribution < 1.29 is 18.5 Å². The van der Waals surface area contributed by atoms with Crippen molar-refractivity contribution in [2.75, 3.05) is 5.32 Å². The van der Waals surface area contributed by atoms with Crippen LogP contribution in [0.5, 0.6) is 23.0 Å². The lowest BCUT2D eigenvalue weighted by Crippen LogP contribution is -2.10. The number of para-hydroxylation sites is 3. The zero-order valence-corrected chi connectivity index (χ0v) is 38.4. The highest BCUT2D eigenvalue weighted by Crippen LogP contribution is 2.42. The molecule has 0 bridgehead atoms. The smallest absolute Gasteiger partial charge is 0.292 e. The van der Waals surface area contributed by atoms with Crippen LogP contribution in [0, 0.1) is 17.0 Å². The fourth-order valence-electron chi connectivity index (χ4n) is 8.47. The van der Waals surface area contributed by atoms with E-state index in [0.29, 0.717) is 45.6 Å². The van der Waals surface area contributed by atoms with Crippen molar-refractivity contribution >= 4 is 54.8 Å². The Bertz CT molecular complexity index is 3610. The van der Waals surface area contributed by atoms with E-state index in [9.17, 15) is 10.1 Å². The van der Waals surface area contributed by atoms with Crippen LogP contribution in [-0.4, -0.2) is 14.5 Å². The van der Waals surface area contributed by atoms with E-state index < -0.39 is 11.8 Å². The molecule has 10 rings (SSSR count). The first-order valence-corrected chi connectivity index (χ1v) is 22.6. The molecule has 0 unspecified atom stereocenters. The van der Waals surface area contributed by atoms with E-state index >= 15 is 0 Å². The summed E-state index contributed by atoms with van der Waals surface area (Å²) in [6.07, 6.45) is 1.63. The average Bonchev–Trinajstić information content (AvgIpc) is 3.67. The lowest BCUT2D eigenvalue weighted by Gasteiger charge is -2.19. The van der Waals surface area contributed by atoms with Gasteiger partial charge in [-0.05, 0) is 119 Å². The van der Waals surface area contributed by atoms with Crippen molar-refractivity contribution in [2.45, 2.75) is 33.0 Å². The van der Waals surface area contributed by atoms with Crippen molar-refractivity contribution in [3.8, 4) is 62.2 Å². The summed E-state index contributed by atoms with van der Waals surface area (Å²) in [5, 5.41) is 17.4. The van der Waals surface area contributed by atoms with E-state index in [0.717, 1.165) is 54.2 Å². The maximum absolute atomic E-state index is 12.0. The van der Waals surface area contributed by atoms with E-state index in [-0.39, 0.29) is 16.7 Å². The van der Waals surface area contributed by atoms with Crippen LogP contribution in [0.2, 0.25) is 0 Å². The number of hydrogen-bond donors (Lipinski definition) is 1. The van der Waals surface area contributed by atoms with Gasteiger partial charge >= 0.3 is 0 Å². The van der Waals surface area contributed by atoms with E-state index in [4.69, 9.17) is 18.6 Å². The number of rotatable bonds is 11. The number of nitrogens with zero attached hydrogens (tertiary/aromatic N) is 3. The van der Waals surface area contributed by atoms with Gasteiger partial charge < -0.3 is 14.8 Å². The van der Waals surface area contributed by atoms with Gasteiger partial charge in [0.2, 0.25) is 0 Å². The maximum Gasteiger partial charge on any atom is 0.292 e. The van der Waals surface area contributed by atoms with Crippen LogP contribution in [0.3, 0.4) is 0 Å². The number of aromatic nitrogens is 2. The summed E-state index contributed by atoms with van der Waals surface area (Å²) >= 11 is 3.54. The second-order valence-corrected chi connectivity index (χ2v) is 18.2. The van der Waals surface area contributed by atoms with Crippen LogP contribution in [0.25, 0.3) is 61.0 Å². The molecular formula is C58H45BrN4O4. The van der Waals surface area contributed by atoms with Crippen molar-refractivity contribution in [3.05, 3.63) is 220 Å². The summed E-state index contributed by atoms with van der Waals surface area (Å²) in [4.78, 5) is 16.6. The standard InChI is InChI=1S/C58H45BrN4O4/c1-37-31-56(62-53-30-25-41(58(2,3)4)33-50(53)49-29-28-46(35-55(49)62)67-45-18-11-16-42(59)34-45)60-36-51(37)40-15-10-17-44(32-40)66-43-26-23-39(24-27-43)48-20-12-19-47(38-13-6-5-7-14-38)57(48)61-52-21-8-9-22-54(52)63(64)65/h5-36,61H,1-4H3/i1D3. The highest BCUT2D eigenvalue weighted by molar-refractivity contribution is 9.10. The van der Waals surface area contributed by atoms with Gasteiger partial charge in [0.15, 0.2) is 0 Å². The monoisotopic (exact) mass is 943 g/mol. The molecule has 10 aromatic rings. The third kappa shape index (κ3) is 8.77. The van der Waals surface area contributed by atoms with Crippen molar-refractivity contribution in [1.82, 2.24) is 9.55 Å². The molecule has 0 fully saturated rings. The molecule has 0 aliphatic heterocycles. The Morgan fingerprint density at radius 2 is 1.27 bits per heavy atom. The van der Waals surface area contributed by atoms with Gasteiger partial charge in [-0.25, -0.2) is 4.98 Å². The highest BCUT2D eigenvalue weighted by Gasteiger charge is 2.21. The first-order valence-electron chi connectivity index (χ1n) is 23.3. The SMILES string of the molecule is [2H]C([2H])([2H])c1cc(-n2c3ccc(C(C)(C)C)cc3c3ccc(Oc4cccc(Br)c4)cc32)ncc1-c1cccc(Oc2ccc(-c3cccc(-c4ccccc4)c3Nc3ccccc3[N+](=O)[O-])cc2)c1. The number of fused-ring (bicyclic) bond motifs is 3. The minimum absolute atomic E-state index is 0.0319. The van der Waals surface area contributed by atoms with Gasteiger partial charge in [-0.15, -0.1) is 0 Å². The third-order valence-corrected chi connectivity index (χ3v) is 12.3. The van der Waals surface area contributed by atoms with Crippen molar-refractivity contribution in [3.63, 3.8) is 0 Å². The third-order valence-electron chi connectivity index (χ3n) is 11.8. The number of nitro groups is 1. The molecule has 0 saturated heterocycles. The predicted octanol–water partition coefficient (Wildman–Crippen LogP) is 16.8. The summed E-state index contributed by atoms with van der Waals surface area (Å²) in [7, 11) is 0. The highest BCUT2D eigenvalue weighted by atomic mass is 79.9. The Balaban J connectivity index is 0.991. The number of nitrogens with one attached hydrogen (secondary N) is 1.